The summed E-state index contributed by atoms with van der Waals surface area (Å²) in [4.78, 5) is 18.2. The van der Waals surface area contributed by atoms with Gasteiger partial charge in [0.2, 0.25) is 0 Å². The predicted molar refractivity (Wildman–Crippen MR) is 83.7 cm³/mol. The van der Waals surface area contributed by atoms with Crippen LogP contribution in [0.3, 0.4) is 0 Å². The molecule has 0 fully saturated rings. The van der Waals surface area contributed by atoms with Crippen molar-refractivity contribution < 1.29 is 4.79 Å². The molecule has 0 radical (unpaired) electrons. The van der Waals surface area contributed by atoms with Gasteiger partial charge in [-0.1, -0.05) is 23.8 Å². The maximum absolute atomic E-state index is 12.4. The van der Waals surface area contributed by atoms with Crippen LogP contribution < -0.4 is 0 Å². The van der Waals surface area contributed by atoms with Crippen molar-refractivity contribution in [3.05, 3.63) is 63.4 Å². The molecule has 4 heteroatoms. The zero-order valence-electron chi connectivity index (χ0n) is 11.9. The summed E-state index contributed by atoms with van der Waals surface area (Å²) in [5, 5.41) is 0. The molecule has 1 aromatic heterocycles. The standard InChI is InChI=1S/C16H17BrN2O/c1-11-6-7-13(12(2)9-11)10-19(3)16(20)15-14(17)5-4-8-18-15/h4-9H,10H2,1-3H3. The quantitative estimate of drug-likeness (QED) is 0.857. The third kappa shape index (κ3) is 3.25. The minimum atomic E-state index is -0.0857. The number of rotatable bonds is 3. The average Bonchev–Trinajstić information content (AvgIpc) is 2.41. The monoisotopic (exact) mass is 332 g/mol. The maximum Gasteiger partial charge on any atom is 0.273 e. The Morgan fingerprint density at radius 3 is 2.70 bits per heavy atom. The SMILES string of the molecule is Cc1ccc(CN(C)C(=O)c2ncccc2Br)c(C)c1. The third-order valence-corrected chi connectivity index (χ3v) is 3.85. The second-order valence-electron chi connectivity index (χ2n) is 4.92. The molecule has 0 aliphatic heterocycles. The van der Waals surface area contributed by atoms with Crippen LogP contribution in [0.2, 0.25) is 0 Å². The van der Waals surface area contributed by atoms with Gasteiger partial charge in [-0.25, -0.2) is 4.98 Å². The van der Waals surface area contributed by atoms with E-state index in [1.54, 1.807) is 24.2 Å². The molecule has 0 saturated heterocycles. The summed E-state index contributed by atoms with van der Waals surface area (Å²) in [5.74, 6) is -0.0857. The van der Waals surface area contributed by atoms with Crippen LogP contribution in [-0.4, -0.2) is 22.8 Å². The van der Waals surface area contributed by atoms with Gasteiger partial charge in [0.25, 0.3) is 5.91 Å². The first-order chi connectivity index (χ1) is 9.49. The van der Waals surface area contributed by atoms with E-state index in [4.69, 9.17) is 0 Å². The van der Waals surface area contributed by atoms with Crippen molar-refractivity contribution in [2.75, 3.05) is 7.05 Å². The van der Waals surface area contributed by atoms with E-state index in [2.05, 4.69) is 53.0 Å². The predicted octanol–water partition coefficient (Wildman–Crippen LogP) is 3.73. The van der Waals surface area contributed by atoms with Gasteiger partial charge in [-0.15, -0.1) is 0 Å². The van der Waals surface area contributed by atoms with Gasteiger partial charge in [0.05, 0.1) is 0 Å². The highest BCUT2D eigenvalue weighted by Gasteiger charge is 2.16. The van der Waals surface area contributed by atoms with Gasteiger partial charge in [-0.3, -0.25) is 4.79 Å². The first-order valence-corrected chi connectivity index (χ1v) is 7.20. The molecular formula is C16H17BrN2O. The van der Waals surface area contributed by atoms with Crippen molar-refractivity contribution >= 4 is 21.8 Å². The highest BCUT2D eigenvalue weighted by atomic mass is 79.9. The van der Waals surface area contributed by atoms with Gasteiger partial charge in [0, 0.05) is 24.3 Å². The summed E-state index contributed by atoms with van der Waals surface area (Å²) in [6.45, 7) is 4.71. The summed E-state index contributed by atoms with van der Waals surface area (Å²) >= 11 is 3.36. The summed E-state index contributed by atoms with van der Waals surface area (Å²) in [7, 11) is 1.79. The van der Waals surface area contributed by atoms with Crippen LogP contribution in [0.25, 0.3) is 0 Å². The molecule has 20 heavy (non-hydrogen) atoms. The lowest BCUT2D eigenvalue weighted by Gasteiger charge is -2.19. The number of hydrogen-bond acceptors (Lipinski definition) is 2. The molecule has 0 aliphatic carbocycles. The summed E-state index contributed by atoms with van der Waals surface area (Å²) in [5.41, 5.74) is 4.02. The van der Waals surface area contributed by atoms with Crippen molar-refractivity contribution in [2.45, 2.75) is 20.4 Å². The number of nitrogens with zero attached hydrogens (tertiary/aromatic N) is 2. The van der Waals surface area contributed by atoms with Gasteiger partial charge in [0.15, 0.2) is 0 Å². The molecule has 1 amide bonds. The van der Waals surface area contributed by atoms with Gasteiger partial charge < -0.3 is 4.90 Å². The summed E-state index contributed by atoms with van der Waals surface area (Å²) < 4.78 is 0.720. The van der Waals surface area contributed by atoms with Gasteiger partial charge in [-0.2, -0.15) is 0 Å². The van der Waals surface area contributed by atoms with Crippen LogP contribution >= 0.6 is 15.9 Å². The van der Waals surface area contributed by atoms with Crippen LogP contribution in [0.5, 0.6) is 0 Å². The van der Waals surface area contributed by atoms with E-state index in [9.17, 15) is 4.79 Å². The van der Waals surface area contributed by atoms with E-state index < -0.39 is 0 Å². The molecule has 0 N–H and O–H groups in total. The highest BCUT2D eigenvalue weighted by Crippen LogP contribution is 2.17. The number of hydrogen-bond donors (Lipinski definition) is 0. The first kappa shape index (κ1) is 14.7. The average molecular weight is 333 g/mol. The Kier molecular flexibility index (Phi) is 4.55. The van der Waals surface area contributed by atoms with Gasteiger partial charge >= 0.3 is 0 Å². The molecule has 1 heterocycles. The van der Waals surface area contributed by atoms with Crippen LogP contribution in [0.1, 0.15) is 27.2 Å². The topological polar surface area (TPSA) is 33.2 Å². The molecule has 2 rings (SSSR count). The lowest BCUT2D eigenvalue weighted by molar-refractivity contribution is 0.0778. The number of carbonyl (C=O) groups excluding carboxylic acids is 1. The molecule has 2 aromatic rings. The van der Waals surface area contributed by atoms with Crippen molar-refractivity contribution in [1.29, 1.82) is 0 Å². The van der Waals surface area contributed by atoms with E-state index in [0.29, 0.717) is 12.2 Å². The number of amides is 1. The normalized spacial score (nSPS) is 10.4. The van der Waals surface area contributed by atoms with Crippen LogP contribution in [0, 0.1) is 13.8 Å². The second kappa shape index (κ2) is 6.18. The van der Waals surface area contributed by atoms with E-state index in [-0.39, 0.29) is 5.91 Å². The Morgan fingerprint density at radius 2 is 2.05 bits per heavy atom. The minimum absolute atomic E-state index is 0.0857. The van der Waals surface area contributed by atoms with E-state index >= 15 is 0 Å². The van der Waals surface area contributed by atoms with Crippen molar-refractivity contribution in [3.63, 3.8) is 0 Å². The maximum atomic E-state index is 12.4. The van der Waals surface area contributed by atoms with Gasteiger partial charge in [-0.05, 0) is 53.0 Å². The molecule has 3 nitrogen and oxygen atoms in total. The number of carbonyl (C=O) groups is 1. The highest BCUT2D eigenvalue weighted by molar-refractivity contribution is 9.10. The number of aryl methyl sites for hydroxylation is 2. The largest absolute Gasteiger partial charge is 0.336 e. The van der Waals surface area contributed by atoms with Crippen LogP contribution in [-0.2, 0) is 6.54 Å². The Labute approximate surface area is 127 Å². The molecule has 0 bridgehead atoms. The molecule has 0 unspecified atom stereocenters. The molecule has 0 aliphatic rings. The number of halogens is 1. The lowest BCUT2D eigenvalue weighted by Crippen LogP contribution is -2.27. The van der Waals surface area contributed by atoms with Crippen LogP contribution in [0.4, 0.5) is 0 Å². The van der Waals surface area contributed by atoms with Crippen molar-refractivity contribution in [2.24, 2.45) is 0 Å². The van der Waals surface area contributed by atoms with Gasteiger partial charge in [0.1, 0.15) is 5.69 Å². The van der Waals surface area contributed by atoms with E-state index in [0.717, 1.165) is 10.0 Å². The van der Waals surface area contributed by atoms with E-state index in [1.165, 1.54) is 11.1 Å². The molecule has 0 atom stereocenters. The molecule has 1 aromatic carbocycles. The fourth-order valence-corrected chi connectivity index (χ4v) is 2.50. The Hall–Kier alpha value is -1.68. The van der Waals surface area contributed by atoms with Crippen molar-refractivity contribution in [3.8, 4) is 0 Å². The fourth-order valence-electron chi connectivity index (χ4n) is 2.07. The fraction of sp³-hybridized carbons (Fsp3) is 0.250. The Morgan fingerprint density at radius 1 is 1.30 bits per heavy atom. The molecular weight excluding hydrogens is 316 g/mol. The lowest BCUT2D eigenvalue weighted by atomic mass is 10.1. The third-order valence-electron chi connectivity index (χ3n) is 3.21. The zero-order chi connectivity index (χ0) is 14.7. The van der Waals surface area contributed by atoms with Crippen LogP contribution in [0.15, 0.2) is 41.0 Å². The summed E-state index contributed by atoms with van der Waals surface area (Å²) in [6, 6.07) is 9.89. The van der Waals surface area contributed by atoms with Crippen molar-refractivity contribution in [1.82, 2.24) is 9.88 Å². The molecule has 0 saturated carbocycles. The first-order valence-electron chi connectivity index (χ1n) is 6.41. The Bertz CT molecular complexity index is 640. The molecule has 0 spiro atoms. The number of benzene rings is 1. The number of aromatic nitrogens is 1. The number of pyridine rings is 1. The zero-order valence-corrected chi connectivity index (χ0v) is 13.4. The molecule has 104 valence electrons. The minimum Gasteiger partial charge on any atom is -0.336 e. The smallest absolute Gasteiger partial charge is 0.273 e. The Balaban J connectivity index is 2.18. The second-order valence-corrected chi connectivity index (χ2v) is 5.78. The van der Waals surface area contributed by atoms with E-state index in [1.807, 2.05) is 6.07 Å². The summed E-state index contributed by atoms with van der Waals surface area (Å²) in [6.07, 6.45) is 1.63.